The molecule has 0 saturated carbocycles. The Hall–Kier alpha value is -0.650. The molecule has 5 heteroatoms. The second-order valence-electron chi connectivity index (χ2n) is 4.58. The van der Waals surface area contributed by atoms with Crippen LogP contribution in [0, 0.1) is 0 Å². The molecule has 0 bridgehead atoms. The van der Waals surface area contributed by atoms with Crippen LogP contribution in [0.3, 0.4) is 0 Å². The minimum atomic E-state index is -0.855. The van der Waals surface area contributed by atoms with Crippen molar-refractivity contribution in [2.75, 3.05) is 33.9 Å². The van der Waals surface area contributed by atoms with E-state index in [9.17, 15) is 4.79 Å². The van der Waals surface area contributed by atoms with Crippen LogP contribution in [0.2, 0.25) is 0 Å². The summed E-state index contributed by atoms with van der Waals surface area (Å²) < 4.78 is 4.84. The number of carbonyl (C=O) groups is 1. The first-order valence-corrected chi connectivity index (χ1v) is 6.14. The highest BCUT2D eigenvalue weighted by Gasteiger charge is 2.15. The number of methoxy groups -OCH3 is 1. The summed E-state index contributed by atoms with van der Waals surface area (Å²) in [6.07, 6.45) is 2.05. The quantitative estimate of drug-likeness (QED) is 0.558. The van der Waals surface area contributed by atoms with Gasteiger partial charge in [0.1, 0.15) is 6.04 Å². The molecule has 1 unspecified atom stereocenters. The minimum Gasteiger partial charge on any atom is -0.480 e. The molecule has 1 atom stereocenters. The molecule has 0 rings (SSSR count). The summed E-state index contributed by atoms with van der Waals surface area (Å²) in [6, 6.07) is -0.0361. The molecule has 0 aromatic heterocycles. The fourth-order valence-electron chi connectivity index (χ4n) is 1.40. The Morgan fingerprint density at radius 3 is 2.53 bits per heavy atom. The third-order valence-corrected chi connectivity index (χ3v) is 2.84. The van der Waals surface area contributed by atoms with Gasteiger partial charge in [-0.3, -0.25) is 4.79 Å². The second kappa shape index (κ2) is 9.39. The molecular weight excluding hydrogens is 220 g/mol. The number of carboxylic acids is 1. The molecule has 0 aromatic carbocycles. The van der Waals surface area contributed by atoms with Crippen molar-refractivity contribution >= 4 is 5.97 Å². The highest BCUT2D eigenvalue weighted by atomic mass is 16.5. The molecular formula is C12H26N2O3. The summed E-state index contributed by atoms with van der Waals surface area (Å²) >= 11 is 0. The number of nitrogens with one attached hydrogen (secondary N) is 1. The van der Waals surface area contributed by atoms with Crippen molar-refractivity contribution in [3.63, 3.8) is 0 Å². The first kappa shape index (κ1) is 16.4. The van der Waals surface area contributed by atoms with E-state index < -0.39 is 12.0 Å². The summed E-state index contributed by atoms with van der Waals surface area (Å²) in [6.45, 7) is 6.30. The lowest BCUT2D eigenvalue weighted by Gasteiger charge is -2.21. The van der Waals surface area contributed by atoms with Crippen molar-refractivity contribution in [2.24, 2.45) is 0 Å². The molecule has 0 radical (unpaired) electrons. The van der Waals surface area contributed by atoms with Gasteiger partial charge in [0.25, 0.3) is 0 Å². The summed E-state index contributed by atoms with van der Waals surface area (Å²) in [5.41, 5.74) is 0. The third-order valence-electron chi connectivity index (χ3n) is 2.84. The van der Waals surface area contributed by atoms with Gasteiger partial charge in [-0.1, -0.05) is 0 Å². The van der Waals surface area contributed by atoms with Crippen LogP contribution >= 0.6 is 0 Å². The Kier molecular flexibility index (Phi) is 9.03. The van der Waals surface area contributed by atoms with E-state index in [0.717, 1.165) is 19.4 Å². The lowest BCUT2D eigenvalue weighted by Crippen LogP contribution is -2.41. The van der Waals surface area contributed by atoms with E-state index in [1.165, 1.54) is 7.11 Å². The van der Waals surface area contributed by atoms with Gasteiger partial charge in [0, 0.05) is 13.2 Å². The Morgan fingerprint density at radius 1 is 1.41 bits per heavy atom. The van der Waals surface area contributed by atoms with E-state index >= 15 is 0 Å². The monoisotopic (exact) mass is 246 g/mol. The predicted molar refractivity (Wildman–Crippen MR) is 68.3 cm³/mol. The number of hydrogen-bond donors (Lipinski definition) is 2. The zero-order valence-corrected chi connectivity index (χ0v) is 11.4. The maximum atomic E-state index is 10.8. The maximum Gasteiger partial charge on any atom is 0.323 e. The van der Waals surface area contributed by atoms with Gasteiger partial charge in [0.15, 0.2) is 0 Å². The number of nitrogens with zero attached hydrogens (tertiary/aromatic N) is 1. The molecule has 17 heavy (non-hydrogen) atoms. The Labute approximate surface area is 104 Å². The number of ether oxygens (including phenoxy) is 1. The van der Waals surface area contributed by atoms with Crippen LogP contribution < -0.4 is 5.32 Å². The fraction of sp³-hybridized carbons (Fsp3) is 0.917. The van der Waals surface area contributed by atoms with Gasteiger partial charge in [0.05, 0.1) is 6.61 Å². The molecule has 0 amide bonds. The van der Waals surface area contributed by atoms with Crippen molar-refractivity contribution in [3.8, 4) is 0 Å². The van der Waals surface area contributed by atoms with Gasteiger partial charge in [0.2, 0.25) is 0 Å². The molecule has 0 fully saturated rings. The number of carboxylic acid groups (broad SMARTS) is 1. The molecule has 102 valence electrons. The second-order valence-corrected chi connectivity index (χ2v) is 4.58. The van der Waals surface area contributed by atoms with Gasteiger partial charge in [-0.15, -0.1) is 0 Å². The van der Waals surface area contributed by atoms with Gasteiger partial charge < -0.3 is 20.1 Å². The predicted octanol–water partition coefficient (Wildman–Crippen LogP) is 0.796. The molecule has 0 heterocycles. The Bertz CT molecular complexity index is 210. The van der Waals surface area contributed by atoms with Gasteiger partial charge in [-0.25, -0.2) is 0 Å². The van der Waals surface area contributed by atoms with Gasteiger partial charge >= 0.3 is 5.97 Å². The number of hydrogen-bond acceptors (Lipinski definition) is 4. The SMILES string of the molecule is COCC(NCCCCN(C)C(C)C)C(=O)O. The molecule has 5 nitrogen and oxygen atoms in total. The number of rotatable bonds is 10. The smallest absolute Gasteiger partial charge is 0.323 e. The van der Waals surface area contributed by atoms with Crippen LogP contribution in [-0.2, 0) is 9.53 Å². The topological polar surface area (TPSA) is 61.8 Å². The van der Waals surface area contributed by atoms with Crippen LogP contribution in [0.25, 0.3) is 0 Å². The molecule has 0 spiro atoms. The van der Waals surface area contributed by atoms with Crippen molar-refractivity contribution in [3.05, 3.63) is 0 Å². The van der Waals surface area contributed by atoms with Crippen LogP contribution in [0.15, 0.2) is 0 Å². The Balaban J connectivity index is 3.58. The lowest BCUT2D eigenvalue weighted by atomic mass is 10.2. The first-order valence-electron chi connectivity index (χ1n) is 6.14. The van der Waals surface area contributed by atoms with E-state index in [2.05, 4.69) is 31.1 Å². The fourth-order valence-corrected chi connectivity index (χ4v) is 1.40. The zero-order chi connectivity index (χ0) is 13.3. The van der Waals surface area contributed by atoms with E-state index in [-0.39, 0.29) is 6.61 Å². The van der Waals surface area contributed by atoms with Gasteiger partial charge in [-0.05, 0) is 46.8 Å². The largest absolute Gasteiger partial charge is 0.480 e. The molecule has 0 aromatic rings. The number of unbranched alkanes of at least 4 members (excludes halogenated alkanes) is 1. The average molecular weight is 246 g/mol. The first-order chi connectivity index (χ1) is 7.99. The van der Waals surface area contributed by atoms with Crippen LogP contribution in [0.1, 0.15) is 26.7 Å². The number of aliphatic carboxylic acids is 1. The third kappa shape index (κ3) is 8.12. The summed E-state index contributed by atoms with van der Waals surface area (Å²) in [7, 11) is 3.61. The van der Waals surface area contributed by atoms with Crippen molar-refractivity contribution < 1.29 is 14.6 Å². The summed E-state index contributed by atoms with van der Waals surface area (Å²) in [4.78, 5) is 13.1. The summed E-state index contributed by atoms with van der Waals surface area (Å²) in [5, 5.41) is 11.9. The van der Waals surface area contributed by atoms with Crippen molar-refractivity contribution in [1.29, 1.82) is 0 Å². The molecule has 0 aliphatic heterocycles. The maximum absolute atomic E-state index is 10.8. The van der Waals surface area contributed by atoms with E-state index in [1.54, 1.807) is 0 Å². The zero-order valence-electron chi connectivity index (χ0n) is 11.4. The Morgan fingerprint density at radius 2 is 2.06 bits per heavy atom. The summed E-state index contributed by atoms with van der Waals surface area (Å²) in [5.74, 6) is -0.855. The highest BCUT2D eigenvalue weighted by molar-refractivity contribution is 5.73. The van der Waals surface area contributed by atoms with E-state index in [1.807, 2.05) is 0 Å². The average Bonchev–Trinajstić information content (AvgIpc) is 2.26. The van der Waals surface area contributed by atoms with Gasteiger partial charge in [-0.2, -0.15) is 0 Å². The van der Waals surface area contributed by atoms with E-state index in [4.69, 9.17) is 9.84 Å². The minimum absolute atomic E-state index is 0.210. The van der Waals surface area contributed by atoms with Crippen LogP contribution in [0.4, 0.5) is 0 Å². The van der Waals surface area contributed by atoms with Crippen molar-refractivity contribution in [1.82, 2.24) is 10.2 Å². The van der Waals surface area contributed by atoms with Crippen LogP contribution in [0.5, 0.6) is 0 Å². The molecule has 0 aliphatic carbocycles. The lowest BCUT2D eigenvalue weighted by molar-refractivity contribution is -0.140. The molecule has 0 saturated heterocycles. The van der Waals surface area contributed by atoms with Crippen molar-refractivity contribution in [2.45, 2.75) is 38.8 Å². The standard InChI is InChI=1S/C12H26N2O3/c1-10(2)14(3)8-6-5-7-13-11(9-17-4)12(15)16/h10-11,13H,5-9H2,1-4H3,(H,15,16). The highest BCUT2D eigenvalue weighted by Crippen LogP contribution is 1.97. The normalized spacial score (nSPS) is 13.3. The molecule has 2 N–H and O–H groups in total. The molecule has 0 aliphatic rings. The van der Waals surface area contributed by atoms with Crippen LogP contribution in [-0.4, -0.2) is 61.9 Å². The van der Waals surface area contributed by atoms with E-state index in [0.29, 0.717) is 12.6 Å².